The highest BCUT2D eigenvalue weighted by Crippen LogP contribution is 2.29. The van der Waals surface area contributed by atoms with E-state index in [1.54, 1.807) is 56.7 Å². The summed E-state index contributed by atoms with van der Waals surface area (Å²) >= 11 is 12.1. The van der Waals surface area contributed by atoms with Crippen molar-refractivity contribution >= 4 is 23.2 Å². The Morgan fingerprint density at radius 3 is 1.96 bits per heavy atom. The van der Waals surface area contributed by atoms with Crippen LogP contribution in [0.1, 0.15) is 0 Å². The lowest BCUT2D eigenvalue weighted by molar-refractivity contribution is 0.356. The molecule has 0 fully saturated rings. The Morgan fingerprint density at radius 1 is 0.870 bits per heavy atom. The molecule has 0 heterocycles. The Morgan fingerprint density at radius 2 is 1.43 bits per heavy atom. The molecule has 122 valence electrons. The van der Waals surface area contributed by atoms with E-state index in [-0.39, 0.29) is 0 Å². The Balaban J connectivity index is 1.85. The highest BCUT2D eigenvalue weighted by molar-refractivity contribution is 6.32. The van der Waals surface area contributed by atoms with Gasteiger partial charge in [-0.15, -0.1) is 0 Å². The van der Waals surface area contributed by atoms with Crippen molar-refractivity contribution in [2.24, 2.45) is 0 Å². The third-order valence-corrected chi connectivity index (χ3v) is 3.50. The van der Waals surface area contributed by atoms with Crippen molar-refractivity contribution in [1.29, 1.82) is 0 Å². The van der Waals surface area contributed by atoms with Crippen LogP contribution in [0.3, 0.4) is 0 Å². The molecule has 0 saturated heterocycles. The molecular weight excluding hydrogens is 339 g/mol. The van der Waals surface area contributed by atoms with Crippen LogP contribution in [0.25, 0.3) is 0 Å². The average Bonchev–Trinajstić information content (AvgIpc) is 2.56. The molecule has 0 unspecified atom stereocenters. The molecule has 0 aliphatic heterocycles. The predicted molar refractivity (Wildman–Crippen MR) is 91.3 cm³/mol. The Hall–Kier alpha value is -2.04. The first kappa shape index (κ1) is 17.3. The van der Waals surface area contributed by atoms with Crippen molar-refractivity contribution in [3.05, 3.63) is 58.8 Å². The van der Waals surface area contributed by atoms with Gasteiger partial charge in [0.25, 0.3) is 0 Å². The molecule has 0 amide bonds. The van der Waals surface area contributed by atoms with Crippen molar-refractivity contribution in [2.45, 2.75) is 0 Å². The maximum absolute atomic E-state index is 6.08. The van der Waals surface area contributed by atoms with Crippen LogP contribution < -0.4 is 18.9 Å². The molecule has 2 aromatic carbocycles. The highest BCUT2D eigenvalue weighted by atomic mass is 35.5. The minimum atomic E-state index is 0.305. The van der Waals surface area contributed by atoms with Gasteiger partial charge in [-0.25, -0.2) is 0 Å². The highest BCUT2D eigenvalue weighted by Gasteiger charge is 2.03. The van der Waals surface area contributed by atoms with Gasteiger partial charge >= 0.3 is 0 Å². The summed E-state index contributed by atoms with van der Waals surface area (Å²) in [6.07, 6.45) is 3.21. The van der Waals surface area contributed by atoms with Gasteiger partial charge in [0.15, 0.2) is 0 Å². The van der Waals surface area contributed by atoms with E-state index in [1.165, 1.54) is 6.26 Å². The molecule has 0 aliphatic rings. The largest absolute Gasteiger partial charge is 0.497 e. The van der Waals surface area contributed by atoms with Crippen LogP contribution in [0.2, 0.25) is 10.0 Å². The maximum atomic E-state index is 6.08. The van der Waals surface area contributed by atoms with E-state index in [9.17, 15) is 0 Å². The summed E-state index contributed by atoms with van der Waals surface area (Å²) in [6.45, 7) is 0.305. The maximum Gasteiger partial charge on any atom is 0.145 e. The minimum absolute atomic E-state index is 0.305. The van der Waals surface area contributed by atoms with E-state index in [4.69, 9.17) is 42.1 Å². The van der Waals surface area contributed by atoms with Crippen LogP contribution >= 0.6 is 23.2 Å². The van der Waals surface area contributed by atoms with Gasteiger partial charge in [-0.1, -0.05) is 23.2 Å². The smallest absolute Gasteiger partial charge is 0.145 e. The molecule has 4 nitrogen and oxygen atoms in total. The van der Waals surface area contributed by atoms with E-state index < -0.39 is 0 Å². The van der Waals surface area contributed by atoms with Gasteiger partial charge in [0.1, 0.15) is 29.6 Å². The minimum Gasteiger partial charge on any atom is -0.497 e. The summed E-state index contributed by atoms with van der Waals surface area (Å²) in [5.74, 6) is 2.45. The normalized spacial score (nSPS) is 10.6. The molecule has 6 heteroatoms. The lowest BCUT2D eigenvalue weighted by Gasteiger charge is -2.07. The number of hydrogen-bond acceptors (Lipinski definition) is 4. The Bertz CT molecular complexity index is 686. The Labute approximate surface area is 145 Å². The standard InChI is InChI=1S/C17H16Cl2O4/c1-20-12-4-6-16(14(18)10-12)22-8-3-9-23-17-7-5-13(21-2)11-15(17)19/h3-8,10-11H,9H2,1-2H3/b8-3+. The third kappa shape index (κ3) is 4.98. The van der Waals surface area contributed by atoms with Gasteiger partial charge in [-0.3, -0.25) is 0 Å². The number of methoxy groups -OCH3 is 2. The number of benzene rings is 2. The second-order valence-corrected chi connectivity index (χ2v) is 5.21. The lowest BCUT2D eigenvalue weighted by Crippen LogP contribution is -1.95. The third-order valence-electron chi connectivity index (χ3n) is 2.90. The van der Waals surface area contributed by atoms with Crippen LogP contribution in [-0.2, 0) is 0 Å². The fourth-order valence-electron chi connectivity index (χ4n) is 1.73. The van der Waals surface area contributed by atoms with Crippen LogP contribution in [0, 0.1) is 0 Å². The van der Waals surface area contributed by atoms with Crippen molar-refractivity contribution in [1.82, 2.24) is 0 Å². The molecule has 2 aromatic rings. The Kier molecular flexibility index (Phi) is 6.44. The van der Waals surface area contributed by atoms with Crippen LogP contribution in [0.4, 0.5) is 0 Å². The van der Waals surface area contributed by atoms with Crippen molar-refractivity contribution in [2.75, 3.05) is 20.8 Å². The van der Waals surface area contributed by atoms with Gasteiger partial charge in [-0.2, -0.15) is 0 Å². The summed E-state index contributed by atoms with van der Waals surface area (Å²) in [4.78, 5) is 0. The first-order chi connectivity index (χ1) is 11.1. The molecule has 0 spiro atoms. The monoisotopic (exact) mass is 354 g/mol. The van der Waals surface area contributed by atoms with E-state index in [1.807, 2.05) is 0 Å². The van der Waals surface area contributed by atoms with Crippen molar-refractivity contribution < 1.29 is 18.9 Å². The fraction of sp³-hybridized carbons (Fsp3) is 0.176. The molecule has 0 aromatic heterocycles. The van der Waals surface area contributed by atoms with Gasteiger partial charge < -0.3 is 18.9 Å². The van der Waals surface area contributed by atoms with Crippen molar-refractivity contribution in [3.63, 3.8) is 0 Å². The van der Waals surface area contributed by atoms with E-state index >= 15 is 0 Å². The zero-order chi connectivity index (χ0) is 16.7. The summed E-state index contributed by atoms with van der Waals surface area (Å²) in [7, 11) is 3.16. The number of halogens is 2. The van der Waals surface area contributed by atoms with Gasteiger partial charge in [0.05, 0.1) is 30.5 Å². The quantitative estimate of drug-likeness (QED) is 0.657. The zero-order valence-electron chi connectivity index (χ0n) is 12.7. The van der Waals surface area contributed by atoms with Crippen LogP contribution in [0.15, 0.2) is 48.7 Å². The SMILES string of the molecule is COc1ccc(O/C=C/COc2ccc(OC)cc2Cl)c(Cl)c1. The fourth-order valence-corrected chi connectivity index (χ4v) is 2.17. The van der Waals surface area contributed by atoms with Gasteiger partial charge in [0, 0.05) is 12.1 Å². The van der Waals surface area contributed by atoms with E-state index in [0.29, 0.717) is 39.7 Å². The topological polar surface area (TPSA) is 36.9 Å². The summed E-state index contributed by atoms with van der Waals surface area (Å²) in [6, 6.07) is 10.4. The van der Waals surface area contributed by atoms with E-state index in [2.05, 4.69) is 0 Å². The first-order valence-corrected chi connectivity index (χ1v) is 7.51. The summed E-state index contributed by atoms with van der Waals surface area (Å²) < 4.78 is 21.1. The average molecular weight is 355 g/mol. The zero-order valence-corrected chi connectivity index (χ0v) is 14.2. The van der Waals surface area contributed by atoms with Gasteiger partial charge in [0.2, 0.25) is 0 Å². The van der Waals surface area contributed by atoms with Crippen LogP contribution in [-0.4, -0.2) is 20.8 Å². The molecule has 0 N–H and O–H groups in total. The molecule has 0 bridgehead atoms. The number of ether oxygens (including phenoxy) is 4. The number of hydrogen-bond donors (Lipinski definition) is 0. The summed E-state index contributed by atoms with van der Waals surface area (Å²) in [5, 5.41) is 0.949. The molecule has 0 atom stereocenters. The first-order valence-electron chi connectivity index (χ1n) is 6.75. The predicted octanol–water partition coefficient (Wildman–Crippen LogP) is 4.98. The molecule has 2 rings (SSSR count). The van der Waals surface area contributed by atoms with Crippen LogP contribution in [0.5, 0.6) is 23.0 Å². The lowest BCUT2D eigenvalue weighted by atomic mass is 10.3. The van der Waals surface area contributed by atoms with Crippen molar-refractivity contribution in [3.8, 4) is 23.0 Å². The molecule has 0 aliphatic carbocycles. The summed E-state index contributed by atoms with van der Waals surface area (Å²) in [5.41, 5.74) is 0. The van der Waals surface area contributed by atoms with Gasteiger partial charge in [-0.05, 0) is 30.3 Å². The second kappa shape index (κ2) is 8.56. The van der Waals surface area contributed by atoms with E-state index in [0.717, 1.165) is 0 Å². The molecular formula is C17H16Cl2O4. The molecule has 0 saturated carbocycles. The molecule has 0 radical (unpaired) electrons. The second-order valence-electron chi connectivity index (χ2n) is 4.39. The number of rotatable bonds is 7. The molecule has 23 heavy (non-hydrogen) atoms.